The number of carbonyl (C=O) groups excluding carboxylic acids is 2. The SMILES string of the molecule is [B]C(=O)N[C@@H](CC(=O)OCc1ccccc1)C(=O)O. The molecular weight excluding hydrogens is 249 g/mol. The highest BCUT2D eigenvalue weighted by Crippen LogP contribution is 2.03. The molecule has 0 saturated heterocycles. The molecule has 0 aromatic heterocycles. The lowest BCUT2D eigenvalue weighted by Crippen LogP contribution is -2.41. The number of carboxylic acids is 1. The van der Waals surface area contributed by atoms with Crippen molar-refractivity contribution in [3.8, 4) is 0 Å². The quantitative estimate of drug-likeness (QED) is 0.573. The van der Waals surface area contributed by atoms with Crippen molar-refractivity contribution in [2.24, 2.45) is 0 Å². The number of esters is 1. The van der Waals surface area contributed by atoms with Crippen LogP contribution in [-0.4, -0.2) is 36.7 Å². The number of hydrogen-bond acceptors (Lipinski definition) is 4. The first-order valence-corrected chi connectivity index (χ1v) is 5.47. The number of benzene rings is 1. The lowest BCUT2D eigenvalue weighted by Gasteiger charge is -2.12. The predicted molar refractivity (Wildman–Crippen MR) is 66.6 cm³/mol. The summed E-state index contributed by atoms with van der Waals surface area (Å²) in [5.41, 5.74) is 0.783. The van der Waals surface area contributed by atoms with E-state index in [2.05, 4.69) is 0 Å². The second-order valence-corrected chi connectivity index (χ2v) is 3.75. The van der Waals surface area contributed by atoms with E-state index in [9.17, 15) is 14.4 Å². The van der Waals surface area contributed by atoms with Crippen LogP contribution in [0, 0.1) is 0 Å². The summed E-state index contributed by atoms with van der Waals surface area (Å²) in [6, 6.07) is 7.55. The average Bonchev–Trinajstić information content (AvgIpc) is 2.36. The number of aliphatic carboxylic acids is 1. The molecule has 1 aromatic carbocycles. The van der Waals surface area contributed by atoms with Crippen LogP contribution in [0.2, 0.25) is 0 Å². The normalized spacial score (nSPS) is 11.4. The van der Waals surface area contributed by atoms with Crippen LogP contribution in [0.3, 0.4) is 0 Å². The van der Waals surface area contributed by atoms with Crippen molar-refractivity contribution in [1.29, 1.82) is 0 Å². The molecule has 1 amide bonds. The van der Waals surface area contributed by atoms with Crippen LogP contribution in [0.4, 0.5) is 4.79 Å². The van der Waals surface area contributed by atoms with E-state index >= 15 is 0 Å². The summed E-state index contributed by atoms with van der Waals surface area (Å²) in [7, 11) is 4.81. The summed E-state index contributed by atoms with van der Waals surface area (Å²) in [5.74, 6) is -3.09. The van der Waals surface area contributed by atoms with E-state index < -0.39 is 30.2 Å². The maximum atomic E-state index is 11.4. The molecule has 2 radical (unpaired) electrons. The van der Waals surface area contributed by atoms with Gasteiger partial charge in [0.05, 0.1) is 6.42 Å². The van der Waals surface area contributed by atoms with Gasteiger partial charge in [-0.3, -0.25) is 9.59 Å². The Morgan fingerprint density at radius 2 is 1.89 bits per heavy atom. The van der Waals surface area contributed by atoms with E-state index in [1.165, 1.54) is 0 Å². The van der Waals surface area contributed by atoms with Crippen LogP contribution >= 0.6 is 0 Å². The molecule has 1 atom stereocenters. The summed E-state index contributed by atoms with van der Waals surface area (Å²) in [6.45, 7) is 0.0442. The van der Waals surface area contributed by atoms with Gasteiger partial charge in [0.2, 0.25) is 7.85 Å². The molecule has 98 valence electrons. The molecule has 0 fully saturated rings. The summed E-state index contributed by atoms with van der Waals surface area (Å²) < 4.78 is 4.90. The molecule has 0 unspecified atom stereocenters. The fourth-order valence-corrected chi connectivity index (χ4v) is 1.34. The summed E-state index contributed by atoms with van der Waals surface area (Å²) >= 11 is 0. The number of amides is 1. The van der Waals surface area contributed by atoms with Gasteiger partial charge in [0.1, 0.15) is 12.6 Å². The molecule has 0 aliphatic carbocycles. The highest BCUT2D eigenvalue weighted by molar-refractivity contribution is 6.57. The lowest BCUT2D eigenvalue weighted by atomic mass is 10.1. The van der Waals surface area contributed by atoms with Crippen molar-refractivity contribution < 1.29 is 24.2 Å². The number of ether oxygens (including phenoxy) is 1. The highest BCUT2D eigenvalue weighted by atomic mass is 16.5. The Labute approximate surface area is 111 Å². The first-order valence-electron chi connectivity index (χ1n) is 5.47. The van der Waals surface area contributed by atoms with E-state index in [4.69, 9.17) is 17.7 Å². The van der Waals surface area contributed by atoms with Crippen molar-refractivity contribution in [2.75, 3.05) is 0 Å². The van der Waals surface area contributed by atoms with Crippen molar-refractivity contribution in [2.45, 2.75) is 19.1 Å². The zero-order valence-corrected chi connectivity index (χ0v) is 10.0. The minimum Gasteiger partial charge on any atom is -0.480 e. The summed E-state index contributed by atoms with van der Waals surface area (Å²) in [4.78, 5) is 32.8. The van der Waals surface area contributed by atoms with E-state index in [-0.39, 0.29) is 6.61 Å². The van der Waals surface area contributed by atoms with E-state index in [0.717, 1.165) is 5.56 Å². The average molecular weight is 261 g/mol. The van der Waals surface area contributed by atoms with Gasteiger partial charge in [-0.05, 0) is 5.56 Å². The minimum atomic E-state index is -1.39. The van der Waals surface area contributed by atoms with Gasteiger partial charge >= 0.3 is 11.9 Å². The van der Waals surface area contributed by atoms with Crippen LogP contribution in [0.5, 0.6) is 0 Å². The molecule has 0 aliphatic rings. The van der Waals surface area contributed by atoms with Gasteiger partial charge < -0.3 is 15.2 Å². The first kappa shape index (κ1) is 14.8. The third kappa shape index (κ3) is 5.72. The van der Waals surface area contributed by atoms with Gasteiger partial charge in [0.25, 0.3) is 0 Å². The minimum absolute atomic E-state index is 0.0442. The van der Waals surface area contributed by atoms with Gasteiger partial charge in [-0.25, -0.2) is 4.79 Å². The Hall–Kier alpha value is -2.31. The molecule has 0 heterocycles. The second kappa shape index (κ2) is 7.20. The zero-order valence-electron chi connectivity index (χ0n) is 10.0. The van der Waals surface area contributed by atoms with Crippen LogP contribution in [0.25, 0.3) is 0 Å². The van der Waals surface area contributed by atoms with Crippen LogP contribution in [0.15, 0.2) is 30.3 Å². The van der Waals surface area contributed by atoms with Crippen molar-refractivity contribution in [1.82, 2.24) is 5.32 Å². The first-order chi connectivity index (χ1) is 8.99. The van der Waals surface area contributed by atoms with E-state index in [1.807, 2.05) is 11.4 Å². The molecule has 0 saturated carbocycles. The van der Waals surface area contributed by atoms with E-state index in [1.54, 1.807) is 24.3 Å². The van der Waals surface area contributed by atoms with Crippen LogP contribution in [0.1, 0.15) is 12.0 Å². The Morgan fingerprint density at radius 3 is 2.42 bits per heavy atom. The predicted octanol–water partition coefficient (Wildman–Crippen LogP) is 0.451. The van der Waals surface area contributed by atoms with E-state index in [0.29, 0.717) is 0 Å². The Morgan fingerprint density at radius 1 is 1.26 bits per heavy atom. The third-order valence-electron chi connectivity index (χ3n) is 2.23. The van der Waals surface area contributed by atoms with Gasteiger partial charge in [0, 0.05) is 0 Å². The molecule has 0 spiro atoms. The summed E-state index contributed by atoms with van der Waals surface area (Å²) in [6.07, 6.45) is -0.481. The maximum Gasteiger partial charge on any atom is 0.326 e. The van der Waals surface area contributed by atoms with Crippen molar-refractivity contribution in [3.05, 3.63) is 35.9 Å². The molecule has 0 aliphatic heterocycles. The Bertz CT molecular complexity index is 462. The fourth-order valence-electron chi connectivity index (χ4n) is 1.34. The van der Waals surface area contributed by atoms with Gasteiger partial charge in [-0.2, -0.15) is 0 Å². The van der Waals surface area contributed by atoms with Crippen LogP contribution in [-0.2, 0) is 20.9 Å². The number of carboxylic acid groups (broad SMARTS) is 1. The maximum absolute atomic E-state index is 11.4. The number of nitrogens with one attached hydrogen (secondary N) is 1. The summed E-state index contributed by atoms with van der Waals surface area (Å²) in [5, 5.41) is 10.7. The highest BCUT2D eigenvalue weighted by Gasteiger charge is 2.22. The zero-order chi connectivity index (χ0) is 14.3. The molecule has 1 aromatic rings. The third-order valence-corrected chi connectivity index (χ3v) is 2.23. The topological polar surface area (TPSA) is 92.7 Å². The Kier molecular flexibility index (Phi) is 5.59. The molecule has 0 bridgehead atoms. The monoisotopic (exact) mass is 261 g/mol. The molecule has 19 heavy (non-hydrogen) atoms. The molecule has 6 nitrogen and oxygen atoms in total. The van der Waals surface area contributed by atoms with Gasteiger partial charge in [-0.1, -0.05) is 30.3 Å². The van der Waals surface area contributed by atoms with Crippen LogP contribution < -0.4 is 5.32 Å². The molecular formula is C12H12BNO5. The molecule has 2 N–H and O–H groups in total. The number of rotatable bonds is 6. The molecule has 1 rings (SSSR count). The van der Waals surface area contributed by atoms with Gasteiger partial charge in [-0.15, -0.1) is 0 Å². The second-order valence-electron chi connectivity index (χ2n) is 3.75. The molecule has 7 heteroatoms. The standard InChI is InChI=1S/C12H12BNO5/c13-12(18)14-9(11(16)17)6-10(15)19-7-8-4-2-1-3-5-8/h1-5,9H,6-7H2,(H,14,18)(H,16,17)/t9-/m0/s1. The van der Waals surface area contributed by atoms with Crippen molar-refractivity contribution >= 4 is 25.6 Å². The van der Waals surface area contributed by atoms with Crippen molar-refractivity contribution in [3.63, 3.8) is 0 Å². The van der Waals surface area contributed by atoms with Gasteiger partial charge in [0.15, 0.2) is 5.81 Å². The fraction of sp³-hybridized carbons (Fsp3) is 0.250. The number of carbonyl (C=O) groups is 3. The lowest BCUT2D eigenvalue weighted by molar-refractivity contribution is -0.150. The largest absolute Gasteiger partial charge is 0.480 e. The Balaban J connectivity index is 2.45. The number of hydrogen-bond donors (Lipinski definition) is 2. The smallest absolute Gasteiger partial charge is 0.326 e.